The van der Waals surface area contributed by atoms with E-state index in [1.807, 2.05) is 36.9 Å². The molecule has 2 amide bonds. The van der Waals surface area contributed by atoms with Crippen molar-refractivity contribution in [2.24, 2.45) is 5.41 Å². The minimum absolute atomic E-state index is 0.164. The van der Waals surface area contributed by atoms with Gasteiger partial charge in [0, 0.05) is 44.3 Å². The molecule has 1 N–H and O–H groups in total. The Labute approximate surface area is 165 Å². The number of nitrogens with zero attached hydrogens (tertiary/aromatic N) is 4. The third kappa shape index (κ3) is 4.13. The Balaban J connectivity index is 1.63. The van der Waals surface area contributed by atoms with E-state index in [0.29, 0.717) is 32.1 Å². The van der Waals surface area contributed by atoms with Crippen LogP contribution in [-0.2, 0) is 9.59 Å². The predicted molar refractivity (Wildman–Crippen MR) is 109 cm³/mol. The number of aryl methyl sites for hydroxylation is 2. The van der Waals surface area contributed by atoms with Crippen LogP contribution in [0.15, 0.2) is 36.7 Å². The number of benzene rings is 1. The summed E-state index contributed by atoms with van der Waals surface area (Å²) >= 11 is 0. The van der Waals surface area contributed by atoms with E-state index >= 15 is 0 Å². The average molecular weight is 381 g/mol. The van der Waals surface area contributed by atoms with Gasteiger partial charge in [-0.3, -0.25) is 9.59 Å². The summed E-state index contributed by atoms with van der Waals surface area (Å²) in [7, 11) is 0. The zero-order valence-electron chi connectivity index (χ0n) is 16.9. The van der Waals surface area contributed by atoms with Gasteiger partial charge in [0.2, 0.25) is 17.8 Å². The van der Waals surface area contributed by atoms with Gasteiger partial charge in [0.1, 0.15) is 5.41 Å². The Morgan fingerprint density at radius 2 is 1.68 bits per heavy atom. The van der Waals surface area contributed by atoms with Gasteiger partial charge in [-0.25, -0.2) is 9.97 Å². The van der Waals surface area contributed by atoms with E-state index in [1.165, 1.54) is 0 Å². The van der Waals surface area contributed by atoms with Gasteiger partial charge < -0.3 is 15.1 Å². The van der Waals surface area contributed by atoms with Crippen molar-refractivity contribution < 1.29 is 9.59 Å². The SMILES string of the molecule is Cc1ccc(NC(=O)C(C)(C)C(=O)N2CCN(c3ncccn3)CC2)c(C)c1. The summed E-state index contributed by atoms with van der Waals surface area (Å²) in [6.07, 6.45) is 3.42. The van der Waals surface area contributed by atoms with Crippen molar-refractivity contribution in [3.05, 3.63) is 47.8 Å². The highest BCUT2D eigenvalue weighted by Gasteiger charge is 2.40. The van der Waals surface area contributed by atoms with Gasteiger partial charge in [-0.1, -0.05) is 17.7 Å². The number of carbonyl (C=O) groups is 2. The molecule has 1 aromatic heterocycles. The maximum atomic E-state index is 13.0. The van der Waals surface area contributed by atoms with Crippen LogP contribution in [0.4, 0.5) is 11.6 Å². The summed E-state index contributed by atoms with van der Waals surface area (Å²) in [5.41, 5.74) is 1.70. The summed E-state index contributed by atoms with van der Waals surface area (Å²) < 4.78 is 0. The normalized spacial score (nSPS) is 14.7. The van der Waals surface area contributed by atoms with Crippen LogP contribution in [0.1, 0.15) is 25.0 Å². The van der Waals surface area contributed by atoms with Crippen molar-refractivity contribution in [3.8, 4) is 0 Å². The topological polar surface area (TPSA) is 78.4 Å². The highest BCUT2D eigenvalue weighted by atomic mass is 16.2. The first-order valence-corrected chi connectivity index (χ1v) is 9.49. The molecule has 0 unspecified atom stereocenters. The predicted octanol–water partition coefficient (Wildman–Crippen LogP) is 2.41. The Kier molecular flexibility index (Phi) is 5.63. The number of piperazine rings is 1. The lowest BCUT2D eigenvalue weighted by Crippen LogP contribution is -2.54. The van der Waals surface area contributed by atoms with Gasteiger partial charge in [-0.05, 0) is 45.4 Å². The van der Waals surface area contributed by atoms with E-state index in [4.69, 9.17) is 0 Å². The molecule has 0 bridgehead atoms. The second-order valence-corrected chi connectivity index (χ2v) is 7.73. The molecule has 0 spiro atoms. The van der Waals surface area contributed by atoms with E-state index in [0.717, 1.165) is 16.8 Å². The van der Waals surface area contributed by atoms with Crippen LogP contribution in [0.25, 0.3) is 0 Å². The van der Waals surface area contributed by atoms with Crippen LogP contribution >= 0.6 is 0 Å². The number of hydrogen-bond acceptors (Lipinski definition) is 5. The minimum Gasteiger partial charge on any atom is -0.338 e. The Bertz CT molecular complexity index is 858. The zero-order valence-corrected chi connectivity index (χ0v) is 16.9. The molecule has 3 rings (SSSR count). The first-order valence-electron chi connectivity index (χ1n) is 9.49. The van der Waals surface area contributed by atoms with E-state index in [9.17, 15) is 9.59 Å². The van der Waals surface area contributed by atoms with Crippen molar-refractivity contribution in [1.82, 2.24) is 14.9 Å². The maximum Gasteiger partial charge on any atom is 0.239 e. The van der Waals surface area contributed by atoms with Crippen molar-refractivity contribution in [1.29, 1.82) is 0 Å². The lowest BCUT2D eigenvalue weighted by molar-refractivity contribution is -0.146. The van der Waals surface area contributed by atoms with E-state index in [2.05, 4.69) is 15.3 Å². The highest BCUT2D eigenvalue weighted by molar-refractivity contribution is 6.10. The van der Waals surface area contributed by atoms with Crippen LogP contribution < -0.4 is 10.2 Å². The second-order valence-electron chi connectivity index (χ2n) is 7.73. The molecule has 0 aliphatic carbocycles. The van der Waals surface area contributed by atoms with Crippen LogP contribution in [0.2, 0.25) is 0 Å². The van der Waals surface area contributed by atoms with Gasteiger partial charge in [-0.2, -0.15) is 0 Å². The summed E-state index contributed by atoms with van der Waals surface area (Å²) in [5, 5.41) is 2.92. The van der Waals surface area contributed by atoms with Crippen LogP contribution in [0, 0.1) is 19.3 Å². The van der Waals surface area contributed by atoms with Crippen molar-refractivity contribution in [2.45, 2.75) is 27.7 Å². The number of anilines is 2. The summed E-state index contributed by atoms with van der Waals surface area (Å²) in [4.78, 5) is 38.2. The van der Waals surface area contributed by atoms with Gasteiger partial charge in [0.15, 0.2) is 0 Å². The molecule has 2 aromatic rings. The molecule has 7 nitrogen and oxygen atoms in total. The third-order valence-corrected chi connectivity index (χ3v) is 5.13. The summed E-state index contributed by atoms with van der Waals surface area (Å²) in [6, 6.07) is 7.61. The molecule has 0 atom stereocenters. The Hall–Kier alpha value is -2.96. The summed E-state index contributed by atoms with van der Waals surface area (Å²) in [6.45, 7) is 9.68. The van der Waals surface area contributed by atoms with Crippen LogP contribution in [-0.4, -0.2) is 52.9 Å². The number of rotatable bonds is 4. The number of hydrogen-bond donors (Lipinski definition) is 1. The van der Waals surface area contributed by atoms with Crippen molar-refractivity contribution >= 4 is 23.5 Å². The lowest BCUT2D eigenvalue weighted by atomic mass is 9.89. The van der Waals surface area contributed by atoms with Crippen LogP contribution in [0.3, 0.4) is 0 Å². The minimum atomic E-state index is -1.15. The standard InChI is InChI=1S/C21H27N5O2/c1-15-6-7-17(16(2)14-15)24-18(27)21(3,4)19(28)25-10-12-26(13-11-25)20-22-8-5-9-23-20/h5-9,14H,10-13H2,1-4H3,(H,24,27). The number of nitrogens with one attached hydrogen (secondary N) is 1. The molecule has 1 aliphatic rings. The molecule has 1 aromatic carbocycles. The molecule has 7 heteroatoms. The molecule has 0 saturated carbocycles. The molecule has 1 fully saturated rings. The van der Waals surface area contributed by atoms with E-state index in [1.54, 1.807) is 37.2 Å². The third-order valence-electron chi connectivity index (χ3n) is 5.13. The highest BCUT2D eigenvalue weighted by Crippen LogP contribution is 2.25. The van der Waals surface area contributed by atoms with Crippen LogP contribution in [0.5, 0.6) is 0 Å². The monoisotopic (exact) mass is 381 g/mol. The van der Waals surface area contributed by atoms with Crippen molar-refractivity contribution in [3.63, 3.8) is 0 Å². The number of carbonyl (C=O) groups excluding carboxylic acids is 2. The first kappa shape index (κ1) is 19.8. The fraction of sp³-hybridized carbons (Fsp3) is 0.429. The average Bonchev–Trinajstić information content (AvgIpc) is 2.70. The van der Waals surface area contributed by atoms with Gasteiger partial charge in [0.25, 0.3) is 0 Å². The Morgan fingerprint density at radius 3 is 2.29 bits per heavy atom. The molecule has 1 aliphatic heterocycles. The molecule has 148 valence electrons. The van der Waals surface area contributed by atoms with Gasteiger partial charge >= 0.3 is 0 Å². The lowest BCUT2D eigenvalue weighted by Gasteiger charge is -2.38. The molecular formula is C21H27N5O2. The smallest absolute Gasteiger partial charge is 0.239 e. The van der Waals surface area contributed by atoms with Crippen molar-refractivity contribution in [2.75, 3.05) is 36.4 Å². The fourth-order valence-corrected chi connectivity index (χ4v) is 3.29. The number of aromatic nitrogens is 2. The van der Waals surface area contributed by atoms with E-state index in [-0.39, 0.29) is 11.8 Å². The zero-order chi connectivity index (χ0) is 20.3. The maximum absolute atomic E-state index is 13.0. The van der Waals surface area contributed by atoms with Gasteiger partial charge in [0.05, 0.1) is 0 Å². The molecule has 1 saturated heterocycles. The molecule has 2 heterocycles. The second kappa shape index (κ2) is 7.96. The number of amides is 2. The van der Waals surface area contributed by atoms with E-state index < -0.39 is 5.41 Å². The first-order chi connectivity index (χ1) is 13.3. The molecule has 0 radical (unpaired) electrons. The summed E-state index contributed by atoms with van der Waals surface area (Å²) in [5.74, 6) is 0.211. The largest absolute Gasteiger partial charge is 0.338 e. The fourth-order valence-electron chi connectivity index (χ4n) is 3.29. The Morgan fingerprint density at radius 1 is 1.04 bits per heavy atom. The molecular weight excluding hydrogens is 354 g/mol. The quantitative estimate of drug-likeness (QED) is 0.823. The van der Waals surface area contributed by atoms with Gasteiger partial charge in [-0.15, -0.1) is 0 Å². The molecule has 28 heavy (non-hydrogen) atoms.